The van der Waals surface area contributed by atoms with Gasteiger partial charge in [0.05, 0.1) is 6.10 Å². The van der Waals surface area contributed by atoms with E-state index in [0.717, 1.165) is 5.06 Å². The monoisotopic (exact) mass is 145 g/mol. The van der Waals surface area contributed by atoms with Crippen LogP contribution in [-0.2, 0) is 9.63 Å². The number of hydroxylamine groups is 2. The van der Waals surface area contributed by atoms with Gasteiger partial charge in [-0.2, -0.15) is 5.06 Å². The lowest BCUT2D eigenvalue weighted by Gasteiger charge is -2.15. The summed E-state index contributed by atoms with van der Waals surface area (Å²) in [7, 11) is 0. The van der Waals surface area contributed by atoms with Crippen LogP contribution in [0.2, 0.25) is 0 Å². The Balaban J connectivity index is 2.54. The smallest absolute Gasteiger partial charge is 0.245 e. The van der Waals surface area contributed by atoms with Crippen LogP contribution in [0.25, 0.3) is 0 Å². The molecule has 10 heavy (non-hydrogen) atoms. The lowest BCUT2D eigenvalue weighted by atomic mass is 10.3. The second-order valence-corrected chi connectivity index (χ2v) is 2.48. The number of aliphatic hydroxyl groups excluding tert-OH is 1. The van der Waals surface area contributed by atoms with Gasteiger partial charge in [0.15, 0.2) is 6.23 Å². The Kier molecular flexibility index (Phi) is 1.92. The van der Waals surface area contributed by atoms with Crippen LogP contribution in [0.1, 0.15) is 20.3 Å². The van der Waals surface area contributed by atoms with Crippen molar-refractivity contribution in [2.75, 3.05) is 0 Å². The molecule has 1 rings (SSSR count). The maximum absolute atomic E-state index is 10.6. The van der Waals surface area contributed by atoms with E-state index in [1.165, 1.54) is 6.92 Å². The average molecular weight is 145 g/mol. The fraction of sp³-hybridized carbons (Fsp3) is 0.833. The standard InChI is InChI=1S/C6H11NO3/c1-4-3-6(9)7(10-4)5(2)8/h4,6,9H,3H2,1-2H3. The number of rotatable bonds is 0. The first kappa shape index (κ1) is 7.50. The van der Waals surface area contributed by atoms with Gasteiger partial charge in [-0.15, -0.1) is 0 Å². The number of amides is 1. The van der Waals surface area contributed by atoms with Gasteiger partial charge in [0.25, 0.3) is 0 Å². The van der Waals surface area contributed by atoms with Crippen molar-refractivity contribution in [3.63, 3.8) is 0 Å². The van der Waals surface area contributed by atoms with Crippen LogP contribution in [0, 0.1) is 0 Å². The number of carbonyl (C=O) groups is 1. The van der Waals surface area contributed by atoms with E-state index in [1.54, 1.807) is 0 Å². The summed E-state index contributed by atoms with van der Waals surface area (Å²) in [6, 6.07) is 0. The van der Waals surface area contributed by atoms with Gasteiger partial charge < -0.3 is 5.11 Å². The number of hydrogen-bond acceptors (Lipinski definition) is 3. The molecule has 4 heteroatoms. The molecule has 0 spiro atoms. The Morgan fingerprint density at radius 1 is 1.80 bits per heavy atom. The molecule has 58 valence electrons. The van der Waals surface area contributed by atoms with Gasteiger partial charge in [-0.3, -0.25) is 9.63 Å². The third kappa shape index (κ3) is 1.27. The average Bonchev–Trinajstić information content (AvgIpc) is 2.10. The Labute approximate surface area is 59.3 Å². The minimum absolute atomic E-state index is 0.0566. The van der Waals surface area contributed by atoms with Gasteiger partial charge in [-0.1, -0.05) is 0 Å². The molecule has 0 aliphatic carbocycles. The van der Waals surface area contributed by atoms with Gasteiger partial charge >= 0.3 is 0 Å². The molecule has 1 N–H and O–H groups in total. The molecule has 4 nitrogen and oxygen atoms in total. The topological polar surface area (TPSA) is 49.8 Å². The first-order valence-electron chi connectivity index (χ1n) is 3.26. The molecular formula is C6H11NO3. The Bertz CT molecular complexity index is 148. The maximum Gasteiger partial charge on any atom is 0.245 e. The van der Waals surface area contributed by atoms with E-state index in [-0.39, 0.29) is 12.0 Å². The van der Waals surface area contributed by atoms with E-state index in [9.17, 15) is 4.79 Å². The fourth-order valence-electron chi connectivity index (χ4n) is 0.984. The lowest BCUT2D eigenvalue weighted by molar-refractivity contribution is -0.203. The third-order valence-corrected chi connectivity index (χ3v) is 1.42. The summed E-state index contributed by atoms with van der Waals surface area (Å²) in [4.78, 5) is 15.6. The molecular weight excluding hydrogens is 134 g/mol. The van der Waals surface area contributed by atoms with Crippen LogP contribution in [0.4, 0.5) is 0 Å². The molecule has 1 amide bonds. The van der Waals surface area contributed by atoms with Crippen molar-refractivity contribution in [1.29, 1.82) is 0 Å². The number of nitrogens with zero attached hydrogens (tertiary/aromatic N) is 1. The highest BCUT2D eigenvalue weighted by Gasteiger charge is 2.30. The summed E-state index contributed by atoms with van der Waals surface area (Å²) in [5.74, 6) is -0.253. The minimum atomic E-state index is -0.757. The first-order valence-corrected chi connectivity index (χ1v) is 3.26. The summed E-state index contributed by atoms with van der Waals surface area (Å²) >= 11 is 0. The van der Waals surface area contributed by atoms with Gasteiger partial charge in [-0.05, 0) is 6.92 Å². The molecule has 1 saturated heterocycles. The van der Waals surface area contributed by atoms with Crippen molar-refractivity contribution in [3.8, 4) is 0 Å². The van der Waals surface area contributed by atoms with Crippen LogP contribution >= 0.6 is 0 Å². The highest BCUT2D eigenvalue weighted by Crippen LogP contribution is 2.17. The first-order chi connectivity index (χ1) is 4.61. The maximum atomic E-state index is 10.6. The van der Waals surface area contributed by atoms with Crippen molar-refractivity contribution >= 4 is 5.91 Å². The van der Waals surface area contributed by atoms with Crippen LogP contribution in [-0.4, -0.2) is 28.4 Å². The highest BCUT2D eigenvalue weighted by molar-refractivity contribution is 5.72. The molecule has 1 fully saturated rings. The second kappa shape index (κ2) is 2.56. The second-order valence-electron chi connectivity index (χ2n) is 2.48. The van der Waals surface area contributed by atoms with Gasteiger partial charge in [-0.25, -0.2) is 0 Å². The zero-order valence-electron chi connectivity index (χ0n) is 6.07. The van der Waals surface area contributed by atoms with E-state index < -0.39 is 6.23 Å². The van der Waals surface area contributed by atoms with E-state index in [4.69, 9.17) is 9.94 Å². The molecule has 0 aromatic rings. The van der Waals surface area contributed by atoms with Gasteiger partial charge in [0.1, 0.15) is 0 Å². The summed E-state index contributed by atoms with van der Waals surface area (Å²) in [5.41, 5.74) is 0. The molecule has 1 heterocycles. The van der Waals surface area contributed by atoms with Crippen LogP contribution in [0.15, 0.2) is 0 Å². The SMILES string of the molecule is CC(=O)N1OC(C)CC1O. The molecule has 1 aliphatic rings. The largest absolute Gasteiger partial charge is 0.371 e. The molecule has 2 unspecified atom stereocenters. The predicted molar refractivity (Wildman–Crippen MR) is 33.7 cm³/mol. The van der Waals surface area contributed by atoms with Crippen molar-refractivity contribution < 1.29 is 14.7 Å². The van der Waals surface area contributed by atoms with Gasteiger partial charge in [0, 0.05) is 13.3 Å². The van der Waals surface area contributed by atoms with Crippen molar-refractivity contribution in [1.82, 2.24) is 5.06 Å². The van der Waals surface area contributed by atoms with Crippen LogP contribution < -0.4 is 0 Å². The fourth-order valence-corrected chi connectivity index (χ4v) is 0.984. The molecule has 0 bridgehead atoms. The van der Waals surface area contributed by atoms with Crippen LogP contribution in [0.3, 0.4) is 0 Å². The van der Waals surface area contributed by atoms with Crippen LogP contribution in [0.5, 0.6) is 0 Å². The molecule has 0 aromatic carbocycles. The highest BCUT2D eigenvalue weighted by atomic mass is 16.7. The van der Waals surface area contributed by atoms with Crippen molar-refractivity contribution in [3.05, 3.63) is 0 Å². The number of hydrogen-bond donors (Lipinski definition) is 1. The lowest BCUT2D eigenvalue weighted by Crippen LogP contribution is -2.32. The Morgan fingerprint density at radius 2 is 2.40 bits per heavy atom. The summed E-state index contributed by atoms with van der Waals surface area (Å²) in [5, 5.41) is 10.1. The summed E-state index contributed by atoms with van der Waals surface area (Å²) in [6.07, 6.45) is -0.314. The summed E-state index contributed by atoms with van der Waals surface area (Å²) in [6.45, 7) is 3.17. The Morgan fingerprint density at radius 3 is 2.60 bits per heavy atom. The molecule has 0 aromatic heterocycles. The van der Waals surface area contributed by atoms with Crippen molar-refractivity contribution in [2.24, 2.45) is 0 Å². The van der Waals surface area contributed by atoms with Crippen molar-refractivity contribution in [2.45, 2.75) is 32.6 Å². The minimum Gasteiger partial charge on any atom is -0.371 e. The number of carbonyl (C=O) groups excluding carboxylic acids is 1. The van der Waals surface area contributed by atoms with E-state index in [1.807, 2.05) is 6.92 Å². The van der Waals surface area contributed by atoms with E-state index >= 15 is 0 Å². The molecule has 1 aliphatic heterocycles. The molecule has 2 atom stereocenters. The quantitative estimate of drug-likeness (QED) is 0.517. The zero-order chi connectivity index (χ0) is 7.72. The van der Waals surface area contributed by atoms with Gasteiger partial charge in [0.2, 0.25) is 5.91 Å². The molecule has 0 saturated carbocycles. The normalized spacial score (nSPS) is 32.9. The van der Waals surface area contributed by atoms with E-state index in [0.29, 0.717) is 6.42 Å². The number of aliphatic hydroxyl groups is 1. The Hall–Kier alpha value is -0.610. The molecule has 0 radical (unpaired) electrons. The third-order valence-electron chi connectivity index (χ3n) is 1.42. The zero-order valence-corrected chi connectivity index (χ0v) is 6.07. The van der Waals surface area contributed by atoms with E-state index in [2.05, 4.69) is 0 Å². The summed E-state index contributed by atoms with van der Waals surface area (Å²) < 4.78 is 0. The predicted octanol–water partition coefficient (Wildman–Crippen LogP) is -0.123.